The van der Waals surface area contributed by atoms with Crippen LogP contribution in [0.5, 0.6) is 0 Å². The highest BCUT2D eigenvalue weighted by Crippen LogP contribution is 2.25. The van der Waals surface area contributed by atoms with Gasteiger partial charge in [-0.3, -0.25) is 0 Å². The summed E-state index contributed by atoms with van der Waals surface area (Å²) in [7, 11) is -3.40. The van der Waals surface area contributed by atoms with Crippen molar-refractivity contribution in [1.29, 1.82) is 0 Å². The van der Waals surface area contributed by atoms with Crippen molar-refractivity contribution >= 4 is 46.3 Å². The Morgan fingerprint density at radius 1 is 1.08 bits per heavy atom. The molecule has 0 amide bonds. The van der Waals surface area contributed by atoms with Crippen LogP contribution in [0.25, 0.3) is 0 Å². The summed E-state index contributed by atoms with van der Waals surface area (Å²) in [6.07, 6.45) is 0. The molecule has 0 aliphatic carbocycles. The largest absolute Gasteiger partial charge is 0.237 e. The van der Waals surface area contributed by atoms with Crippen molar-refractivity contribution in [3.63, 3.8) is 0 Å². The van der Waals surface area contributed by atoms with Crippen molar-refractivity contribution < 1.29 is 8.42 Å². The lowest BCUT2D eigenvalue weighted by Crippen LogP contribution is -1.88. The zero-order chi connectivity index (χ0) is 9.35. The Bertz CT molecular complexity index is 382. The summed E-state index contributed by atoms with van der Waals surface area (Å²) in [4.78, 5) is 0.0556. The van der Waals surface area contributed by atoms with Gasteiger partial charge < -0.3 is 0 Å². The molecule has 0 spiro atoms. The average Bonchev–Trinajstić information content (AvgIpc) is 1.82. The normalized spacial score (nSPS) is 11.6. The summed E-state index contributed by atoms with van der Waals surface area (Å²) >= 11 is 13.7. The molecule has 1 aromatic carbocycles. The van der Waals surface area contributed by atoms with Gasteiger partial charge in [0, 0.05) is 10.0 Å². The molecule has 6 heteroatoms. The minimum atomic E-state index is -3.40. The van der Waals surface area contributed by atoms with E-state index >= 15 is 0 Å². The van der Waals surface area contributed by atoms with Gasteiger partial charge in [-0.2, -0.15) is 0 Å². The predicted molar refractivity (Wildman–Crippen MR) is 52.6 cm³/mol. The average molecular weight is 290 g/mol. The molecule has 0 aliphatic rings. The standard InChI is InChI=1S/C6H3BrCl2O2S/c7-12(10,11)6-2-4(8)1-5(9)3-6/h1-3H. The summed E-state index contributed by atoms with van der Waals surface area (Å²) in [6.45, 7) is 0. The van der Waals surface area contributed by atoms with Crippen LogP contribution >= 0.6 is 38.0 Å². The monoisotopic (exact) mass is 288 g/mol. The first-order valence-electron chi connectivity index (χ1n) is 2.80. The molecule has 0 aliphatic heterocycles. The molecular weight excluding hydrogens is 287 g/mol. The van der Waals surface area contributed by atoms with E-state index in [0.717, 1.165) is 0 Å². The Morgan fingerprint density at radius 2 is 1.50 bits per heavy atom. The Hall–Kier alpha value is 0.230. The van der Waals surface area contributed by atoms with Crippen LogP contribution in [0.4, 0.5) is 0 Å². The van der Waals surface area contributed by atoms with Gasteiger partial charge in [-0.15, -0.1) is 0 Å². The second-order valence-electron chi connectivity index (χ2n) is 2.04. The van der Waals surface area contributed by atoms with E-state index in [0.29, 0.717) is 10.0 Å². The minimum Gasteiger partial charge on any atom is -0.212 e. The number of hydrogen-bond acceptors (Lipinski definition) is 2. The molecule has 0 aromatic heterocycles. The van der Waals surface area contributed by atoms with Gasteiger partial charge in [0.15, 0.2) is 0 Å². The van der Waals surface area contributed by atoms with E-state index in [4.69, 9.17) is 23.2 Å². The van der Waals surface area contributed by atoms with Crippen molar-refractivity contribution in [1.82, 2.24) is 0 Å². The van der Waals surface area contributed by atoms with Crippen molar-refractivity contribution in [2.45, 2.75) is 4.90 Å². The quantitative estimate of drug-likeness (QED) is 0.745. The highest BCUT2D eigenvalue weighted by Gasteiger charge is 2.10. The second-order valence-corrected chi connectivity index (χ2v) is 6.82. The molecule has 0 unspecified atom stereocenters. The van der Waals surface area contributed by atoms with E-state index in [9.17, 15) is 8.42 Å². The molecule has 0 radical (unpaired) electrons. The van der Waals surface area contributed by atoms with Crippen LogP contribution in [0.15, 0.2) is 23.1 Å². The third kappa shape index (κ3) is 2.62. The first kappa shape index (κ1) is 10.3. The van der Waals surface area contributed by atoms with E-state index in [2.05, 4.69) is 14.8 Å². The van der Waals surface area contributed by atoms with Crippen molar-refractivity contribution in [2.75, 3.05) is 0 Å². The molecule has 2 nitrogen and oxygen atoms in total. The van der Waals surface area contributed by atoms with E-state index < -0.39 is 8.27 Å². The highest BCUT2D eigenvalue weighted by molar-refractivity contribution is 9.47. The molecule has 0 N–H and O–H groups in total. The molecule has 1 rings (SSSR count). The number of hydrogen-bond donors (Lipinski definition) is 0. The lowest BCUT2D eigenvalue weighted by molar-refractivity contribution is 0.611. The zero-order valence-corrected chi connectivity index (χ0v) is 9.51. The molecule has 0 saturated carbocycles. The van der Waals surface area contributed by atoms with Crippen molar-refractivity contribution in [3.05, 3.63) is 28.2 Å². The Kier molecular flexibility index (Phi) is 3.04. The van der Waals surface area contributed by atoms with Crippen LogP contribution in [0.3, 0.4) is 0 Å². The van der Waals surface area contributed by atoms with Gasteiger partial charge in [0.1, 0.15) is 0 Å². The Balaban J connectivity index is 3.37. The third-order valence-electron chi connectivity index (χ3n) is 1.12. The van der Waals surface area contributed by atoms with E-state index in [1.54, 1.807) is 0 Å². The van der Waals surface area contributed by atoms with Crippen LogP contribution in [-0.4, -0.2) is 8.42 Å². The van der Waals surface area contributed by atoms with Crippen LogP contribution in [-0.2, 0) is 8.27 Å². The maximum Gasteiger partial charge on any atom is 0.237 e. The molecule has 0 atom stereocenters. The fourth-order valence-corrected chi connectivity index (χ4v) is 2.42. The molecule has 0 heterocycles. The second kappa shape index (κ2) is 3.54. The number of rotatable bonds is 1. The fourth-order valence-electron chi connectivity index (χ4n) is 0.669. The lowest BCUT2D eigenvalue weighted by Gasteiger charge is -1.97. The van der Waals surface area contributed by atoms with Crippen LogP contribution in [0, 0.1) is 0 Å². The minimum absolute atomic E-state index is 0.0556. The summed E-state index contributed by atoms with van der Waals surface area (Å²) < 4.78 is 21.9. The SMILES string of the molecule is O=S(=O)(Br)c1cc(Cl)cc(Cl)c1. The van der Waals surface area contributed by atoms with Crippen molar-refractivity contribution in [2.24, 2.45) is 0 Å². The molecule has 12 heavy (non-hydrogen) atoms. The van der Waals surface area contributed by atoms with Gasteiger partial charge >= 0.3 is 0 Å². The van der Waals surface area contributed by atoms with Gasteiger partial charge in [0.2, 0.25) is 8.27 Å². The van der Waals surface area contributed by atoms with Gasteiger partial charge in [-0.25, -0.2) is 8.42 Å². The third-order valence-corrected chi connectivity index (χ3v) is 3.47. The Labute approximate surface area is 87.6 Å². The van der Waals surface area contributed by atoms with Crippen LogP contribution in [0.1, 0.15) is 0 Å². The summed E-state index contributed by atoms with van der Waals surface area (Å²) in [5.41, 5.74) is 0. The summed E-state index contributed by atoms with van der Waals surface area (Å²) in [5, 5.41) is 0.584. The molecule has 66 valence electrons. The first-order valence-corrected chi connectivity index (χ1v) is 6.88. The van der Waals surface area contributed by atoms with E-state index in [1.165, 1.54) is 18.2 Å². The summed E-state index contributed by atoms with van der Waals surface area (Å²) in [5.74, 6) is 0. The number of benzene rings is 1. The highest BCUT2D eigenvalue weighted by atomic mass is 79.9. The molecule has 0 bridgehead atoms. The van der Waals surface area contributed by atoms with Crippen LogP contribution < -0.4 is 0 Å². The van der Waals surface area contributed by atoms with E-state index in [-0.39, 0.29) is 4.90 Å². The molecule has 0 saturated heterocycles. The topological polar surface area (TPSA) is 34.1 Å². The fraction of sp³-hybridized carbons (Fsp3) is 0. The van der Waals surface area contributed by atoms with Gasteiger partial charge in [0.05, 0.1) is 19.7 Å². The Morgan fingerprint density at radius 3 is 1.83 bits per heavy atom. The van der Waals surface area contributed by atoms with Gasteiger partial charge in [-0.05, 0) is 18.2 Å². The molecule has 0 fully saturated rings. The smallest absolute Gasteiger partial charge is 0.212 e. The predicted octanol–water partition coefficient (Wildman–Crippen LogP) is 3.08. The molecule has 1 aromatic rings. The maximum atomic E-state index is 10.9. The first-order chi connectivity index (χ1) is 5.39. The number of halogens is 3. The van der Waals surface area contributed by atoms with Crippen LogP contribution in [0.2, 0.25) is 10.0 Å². The van der Waals surface area contributed by atoms with E-state index in [1.807, 2.05) is 0 Å². The lowest BCUT2D eigenvalue weighted by atomic mass is 10.4. The maximum absolute atomic E-state index is 10.9. The van der Waals surface area contributed by atoms with Gasteiger partial charge in [-0.1, -0.05) is 23.2 Å². The van der Waals surface area contributed by atoms with Crippen molar-refractivity contribution in [3.8, 4) is 0 Å². The zero-order valence-electron chi connectivity index (χ0n) is 5.59. The summed E-state index contributed by atoms with van der Waals surface area (Å²) in [6, 6.07) is 4.10. The molecular formula is C6H3BrCl2O2S. The van der Waals surface area contributed by atoms with Gasteiger partial charge in [0.25, 0.3) is 0 Å².